The van der Waals surface area contributed by atoms with Crippen molar-refractivity contribution >= 4 is 0 Å². The van der Waals surface area contributed by atoms with Gasteiger partial charge in [0.15, 0.2) is 0 Å². The van der Waals surface area contributed by atoms with Gasteiger partial charge >= 0.3 is 0 Å². The summed E-state index contributed by atoms with van der Waals surface area (Å²) in [6.07, 6.45) is 8.04. The standard InChI is InChI=1S/C15H30N2O/c1-15(18-3)9-5-10-17(12-15)11-8-13-6-4-7-14(13)16-2/h13-14,16H,4-12H2,1-3H3. The molecular formula is C15H30N2O. The van der Waals surface area contributed by atoms with Gasteiger partial charge in [-0.25, -0.2) is 0 Å². The summed E-state index contributed by atoms with van der Waals surface area (Å²) in [6, 6.07) is 0.767. The van der Waals surface area contributed by atoms with E-state index in [0.717, 1.165) is 18.5 Å². The number of hydrogen-bond acceptors (Lipinski definition) is 3. The first kappa shape index (κ1) is 14.3. The summed E-state index contributed by atoms with van der Waals surface area (Å²) < 4.78 is 5.67. The second-order valence-corrected chi connectivity index (χ2v) is 6.41. The molecule has 106 valence electrons. The van der Waals surface area contributed by atoms with E-state index in [1.807, 2.05) is 7.11 Å². The molecule has 0 radical (unpaired) electrons. The van der Waals surface area contributed by atoms with Crippen molar-refractivity contribution in [3.05, 3.63) is 0 Å². The van der Waals surface area contributed by atoms with Gasteiger partial charge < -0.3 is 15.0 Å². The van der Waals surface area contributed by atoms with Crippen LogP contribution in [0.4, 0.5) is 0 Å². The van der Waals surface area contributed by atoms with E-state index in [0.29, 0.717) is 0 Å². The molecule has 2 fully saturated rings. The third kappa shape index (κ3) is 3.46. The van der Waals surface area contributed by atoms with Gasteiger partial charge in [-0.05, 0) is 65.1 Å². The number of piperidine rings is 1. The van der Waals surface area contributed by atoms with Gasteiger partial charge in [-0.15, -0.1) is 0 Å². The topological polar surface area (TPSA) is 24.5 Å². The third-order valence-electron chi connectivity index (χ3n) is 5.08. The highest BCUT2D eigenvalue weighted by molar-refractivity contribution is 4.87. The molecule has 1 heterocycles. The van der Waals surface area contributed by atoms with Crippen LogP contribution in [0.15, 0.2) is 0 Å². The Hall–Kier alpha value is -0.120. The molecule has 2 rings (SSSR count). The van der Waals surface area contributed by atoms with E-state index in [9.17, 15) is 0 Å². The minimum absolute atomic E-state index is 0.0936. The lowest BCUT2D eigenvalue weighted by Crippen LogP contribution is -2.48. The van der Waals surface area contributed by atoms with Crippen molar-refractivity contribution < 1.29 is 4.74 Å². The molecule has 1 aliphatic heterocycles. The molecule has 3 heteroatoms. The fourth-order valence-electron chi connectivity index (χ4n) is 3.78. The van der Waals surface area contributed by atoms with E-state index in [2.05, 4.69) is 24.2 Å². The zero-order valence-corrected chi connectivity index (χ0v) is 12.4. The maximum atomic E-state index is 5.67. The van der Waals surface area contributed by atoms with Gasteiger partial charge in [0.05, 0.1) is 5.60 Å². The monoisotopic (exact) mass is 254 g/mol. The van der Waals surface area contributed by atoms with Gasteiger partial charge in [0.25, 0.3) is 0 Å². The SMILES string of the molecule is CNC1CCCC1CCN1CCCC(C)(OC)C1. The number of likely N-dealkylation sites (tertiary alicyclic amines) is 1. The summed E-state index contributed by atoms with van der Waals surface area (Å²) >= 11 is 0. The number of nitrogens with one attached hydrogen (secondary N) is 1. The first-order valence-corrected chi connectivity index (χ1v) is 7.61. The van der Waals surface area contributed by atoms with Crippen LogP contribution in [0.3, 0.4) is 0 Å². The van der Waals surface area contributed by atoms with E-state index in [-0.39, 0.29) is 5.60 Å². The Kier molecular flexibility index (Phi) is 5.05. The summed E-state index contributed by atoms with van der Waals surface area (Å²) in [4.78, 5) is 2.61. The molecule has 3 nitrogen and oxygen atoms in total. The molecule has 2 aliphatic rings. The van der Waals surface area contributed by atoms with Crippen LogP contribution >= 0.6 is 0 Å². The average molecular weight is 254 g/mol. The number of ether oxygens (including phenoxy) is 1. The van der Waals surface area contributed by atoms with Crippen LogP contribution in [0.5, 0.6) is 0 Å². The van der Waals surface area contributed by atoms with Crippen LogP contribution in [0.1, 0.15) is 45.4 Å². The summed E-state index contributed by atoms with van der Waals surface area (Å²) in [5.41, 5.74) is 0.0936. The minimum atomic E-state index is 0.0936. The molecule has 18 heavy (non-hydrogen) atoms. The lowest BCUT2D eigenvalue weighted by molar-refractivity contribution is -0.0516. The van der Waals surface area contributed by atoms with E-state index >= 15 is 0 Å². The van der Waals surface area contributed by atoms with Crippen LogP contribution in [-0.2, 0) is 4.74 Å². The van der Waals surface area contributed by atoms with Crippen LogP contribution in [0.25, 0.3) is 0 Å². The van der Waals surface area contributed by atoms with Crippen molar-refractivity contribution in [3.8, 4) is 0 Å². The molecule has 1 N–H and O–H groups in total. The summed E-state index contributed by atoms with van der Waals surface area (Å²) in [6.45, 7) is 5.88. The summed E-state index contributed by atoms with van der Waals surface area (Å²) in [5.74, 6) is 0.894. The molecule has 1 saturated heterocycles. The van der Waals surface area contributed by atoms with E-state index in [4.69, 9.17) is 4.74 Å². The van der Waals surface area contributed by atoms with Gasteiger partial charge in [-0.1, -0.05) is 6.42 Å². The Balaban J connectivity index is 1.76. The molecule has 0 bridgehead atoms. The smallest absolute Gasteiger partial charge is 0.0777 e. The van der Waals surface area contributed by atoms with Crippen LogP contribution < -0.4 is 5.32 Å². The van der Waals surface area contributed by atoms with Gasteiger partial charge in [0, 0.05) is 19.7 Å². The Labute approximate surface area is 112 Å². The van der Waals surface area contributed by atoms with E-state index < -0.39 is 0 Å². The lowest BCUT2D eigenvalue weighted by atomic mass is 9.93. The number of methoxy groups -OCH3 is 1. The molecule has 0 amide bonds. The highest BCUT2D eigenvalue weighted by Crippen LogP contribution is 2.30. The predicted molar refractivity (Wildman–Crippen MR) is 75.9 cm³/mol. The molecule has 1 aliphatic carbocycles. The van der Waals surface area contributed by atoms with Crippen LogP contribution in [-0.4, -0.2) is 50.3 Å². The minimum Gasteiger partial charge on any atom is -0.377 e. The highest BCUT2D eigenvalue weighted by atomic mass is 16.5. The molecule has 3 atom stereocenters. The Bertz CT molecular complexity index is 259. The molecule has 0 aromatic heterocycles. The normalized spacial score (nSPS) is 38.2. The van der Waals surface area contributed by atoms with Gasteiger partial charge in [-0.3, -0.25) is 0 Å². The van der Waals surface area contributed by atoms with Gasteiger partial charge in [0.2, 0.25) is 0 Å². The average Bonchev–Trinajstić information content (AvgIpc) is 2.84. The molecular weight excluding hydrogens is 224 g/mol. The first-order valence-electron chi connectivity index (χ1n) is 7.61. The maximum absolute atomic E-state index is 5.67. The van der Waals surface area contributed by atoms with E-state index in [1.165, 1.54) is 51.6 Å². The number of hydrogen-bond donors (Lipinski definition) is 1. The second kappa shape index (κ2) is 6.36. The van der Waals surface area contributed by atoms with Crippen LogP contribution in [0, 0.1) is 5.92 Å². The molecule has 0 aromatic rings. The van der Waals surface area contributed by atoms with Crippen molar-refractivity contribution in [3.63, 3.8) is 0 Å². The maximum Gasteiger partial charge on any atom is 0.0777 e. The zero-order valence-electron chi connectivity index (χ0n) is 12.4. The molecule has 1 saturated carbocycles. The number of rotatable bonds is 5. The summed E-state index contributed by atoms with van der Waals surface area (Å²) in [7, 11) is 3.98. The van der Waals surface area contributed by atoms with Gasteiger partial charge in [-0.2, -0.15) is 0 Å². The second-order valence-electron chi connectivity index (χ2n) is 6.41. The van der Waals surface area contributed by atoms with Crippen LogP contribution in [0.2, 0.25) is 0 Å². The Morgan fingerprint density at radius 3 is 2.89 bits per heavy atom. The lowest BCUT2D eigenvalue weighted by Gasteiger charge is -2.40. The molecule has 0 aromatic carbocycles. The third-order valence-corrected chi connectivity index (χ3v) is 5.08. The van der Waals surface area contributed by atoms with Crippen molar-refractivity contribution in [2.75, 3.05) is 33.8 Å². The largest absolute Gasteiger partial charge is 0.377 e. The quantitative estimate of drug-likeness (QED) is 0.814. The Morgan fingerprint density at radius 1 is 1.33 bits per heavy atom. The zero-order chi connectivity index (χ0) is 13.0. The summed E-state index contributed by atoms with van der Waals surface area (Å²) in [5, 5.41) is 3.49. The van der Waals surface area contributed by atoms with Gasteiger partial charge in [0.1, 0.15) is 0 Å². The predicted octanol–water partition coefficient (Wildman–Crippen LogP) is 2.27. The number of nitrogens with zero attached hydrogens (tertiary/aromatic N) is 1. The van der Waals surface area contributed by atoms with Crippen molar-refractivity contribution in [2.24, 2.45) is 5.92 Å². The first-order chi connectivity index (χ1) is 8.67. The van der Waals surface area contributed by atoms with Crippen molar-refractivity contribution in [1.29, 1.82) is 0 Å². The van der Waals surface area contributed by atoms with Crippen molar-refractivity contribution in [1.82, 2.24) is 10.2 Å². The molecule has 0 spiro atoms. The fourth-order valence-corrected chi connectivity index (χ4v) is 3.78. The molecule has 3 unspecified atom stereocenters. The highest BCUT2D eigenvalue weighted by Gasteiger charge is 2.32. The van der Waals surface area contributed by atoms with Crippen molar-refractivity contribution in [2.45, 2.75) is 57.1 Å². The van der Waals surface area contributed by atoms with E-state index in [1.54, 1.807) is 0 Å². The Morgan fingerprint density at radius 2 is 2.17 bits per heavy atom. The fraction of sp³-hybridized carbons (Fsp3) is 1.00.